The Balaban J connectivity index is 2.42. The standard InChI is InChI=1S/C15H20F2N2O2/c1-4-15(2)14(20)19(9-12(16)17)13(18-15)10-7-5-6-8-11(10)21-3/h5-8,12-13,18H,4,9H2,1-3H3. The molecule has 1 amide bonds. The molecule has 2 unspecified atom stereocenters. The fourth-order valence-electron chi connectivity index (χ4n) is 2.60. The summed E-state index contributed by atoms with van der Waals surface area (Å²) < 4.78 is 31.0. The molecule has 0 radical (unpaired) electrons. The molecule has 2 rings (SSSR count). The van der Waals surface area contributed by atoms with Crippen LogP contribution in [0.1, 0.15) is 32.0 Å². The Hall–Kier alpha value is -1.69. The third-order valence-corrected chi connectivity index (χ3v) is 3.98. The first-order chi connectivity index (χ1) is 9.92. The number of ether oxygens (including phenoxy) is 1. The molecule has 0 aliphatic carbocycles. The van der Waals surface area contributed by atoms with E-state index in [0.717, 1.165) is 0 Å². The van der Waals surface area contributed by atoms with E-state index >= 15 is 0 Å². The highest BCUT2D eigenvalue weighted by molar-refractivity contribution is 5.88. The highest BCUT2D eigenvalue weighted by Gasteiger charge is 2.48. The Morgan fingerprint density at radius 3 is 2.67 bits per heavy atom. The minimum absolute atomic E-state index is 0.304. The van der Waals surface area contributed by atoms with E-state index in [1.54, 1.807) is 31.2 Å². The first kappa shape index (κ1) is 15.7. The monoisotopic (exact) mass is 298 g/mol. The molecule has 1 N–H and O–H groups in total. The molecular formula is C15H20F2N2O2. The molecular weight excluding hydrogens is 278 g/mol. The number of nitrogens with one attached hydrogen (secondary N) is 1. The Morgan fingerprint density at radius 1 is 1.43 bits per heavy atom. The smallest absolute Gasteiger partial charge is 0.255 e. The summed E-state index contributed by atoms with van der Waals surface area (Å²) in [6.07, 6.45) is -2.66. The second-order valence-corrected chi connectivity index (χ2v) is 5.32. The molecule has 4 nitrogen and oxygen atoms in total. The topological polar surface area (TPSA) is 41.6 Å². The number of carbonyl (C=O) groups is 1. The van der Waals surface area contributed by atoms with Crippen LogP contribution in [-0.4, -0.2) is 36.4 Å². The van der Waals surface area contributed by atoms with Gasteiger partial charge in [0.25, 0.3) is 6.43 Å². The molecule has 1 heterocycles. The molecule has 0 spiro atoms. The van der Waals surface area contributed by atoms with E-state index < -0.39 is 24.7 Å². The molecule has 0 aromatic heterocycles. The van der Waals surface area contributed by atoms with Gasteiger partial charge in [-0.05, 0) is 19.4 Å². The van der Waals surface area contributed by atoms with Crippen LogP contribution in [-0.2, 0) is 4.79 Å². The van der Waals surface area contributed by atoms with Crippen molar-refractivity contribution in [3.05, 3.63) is 29.8 Å². The van der Waals surface area contributed by atoms with Gasteiger partial charge in [0.15, 0.2) is 0 Å². The summed E-state index contributed by atoms with van der Waals surface area (Å²) >= 11 is 0. The van der Waals surface area contributed by atoms with Crippen molar-refractivity contribution in [1.29, 1.82) is 0 Å². The summed E-state index contributed by atoms with van der Waals surface area (Å²) in [7, 11) is 1.52. The summed E-state index contributed by atoms with van der Waals surface area (Å²) in [4.78, 5) is 13.7. The number of para-hydroxylation sites is 1. The molecule has 0 saturated carbocycles. The number of hydrogen-bond acceptors (Lipinski definition) is 3. The maximum absolute atomic E-state index is 12.8. The van der Waals surface area contributed by atoms with Crippen LogP contribution in [0.4, 0.5) is 8.78 Å². The first-order valence-electron chi connectivity index (χ1n) is 6.92. The summed E-state index contributed by atoms with van der Waals surface area (Å²) in [5.74, 6) is 0.267. The van der Waals surface area contributed by atoms with Crippen LogP contribution < -0.4 is 10.1 Å². The van der Waals surface area contributed by atoms with E-state index in [4.69, 9.17) is 4.74 Å². The van der Waals surface area contributed by atoms with Gasteiger partial charge >= 0.3 is 0 Å². The lowest BCUT2D eigenvalue weighted by molar-refractivity contribution is -0.134. The number of rotatable bonds is 5. The van der Waals surface area contributed by atoms with Crippen LogP contribution in [0.15, 0.2) is 24.3 Å². The lowest BCUT2D eigenvalue weighted by Gasteiger charge is -2.25. The Bertz CT molecular complexity index is 524. The fraction of sp³-hybridized carbons (Fsp3) is 0.533. The average Bonchev–Trinajstić information content (AvgIpc) is 2.72. The van der Waals surface area contributed by atoms with Gasteiger partial charge in [-0.1, -0.05) is 25.1 Å². The van der Waals surface area contributed by atoms with Gasteiger partial charge in [0.2, 0.25) is 5.91 Å². The Labute approximate surface area is 123 Å². The summed E-state index contributed by atoms with van der Waals surface area (Å²) in [6.45, 7) is 3.00. The average molecular weight is 298 g/mol. The van der Waals surface area contributed by atoms with Gasteiger partial charge in [-0.15, -0.1) is 0 Å². The van der Waals surface area contributed by atoms with Crippen molar-refractivity contribution in [2.75, 3.05) is 13.7 Å². The number of halogens is 2. The van der Waals surface area contributed by atoms with Crippen molar-refractivity contribution in [1.82, 2.24) is 10.2 Å². The normalized spacial score (nSPS) is 25.7. The van der Waals surface area contributed by atoms with Gasteiger partial charge in [-0.3, -0.25) is 10.1 Å². The van der Waals surface area contributed by atoms with Crippen LogP contribution in [0.2, 0.25) is 0 Å². The van der Waals surface area contributed by atoms with Crippen molar-refractivity contribution in [3.8, 4) is 5.75 Å². The third-order valence-electron chi connectivity index (χ3n) is 3.98. The third kappa shape index (κ3) is 2.85. The number of carbonyl (C=O) groups excluding carboxylic acids is 1. The van der Waals surface area contributed by atoms with Crippen molar-refractivity contribution < 1.29 is 18.3 Å². The largest absolute Gasteiger partial charge is 0.496 e. The molecule has 1 fully saturated rings. The summed E-state index contributed by atoms with van der Waals surface area (Å²) in [5.41, 5.74) is -0.147. The van der Waals surface area contributed by atoms with Crippen LogP contribution in [0.25, 0.3) is 0 Å². The van der Waals surface area contributed by atoms with E-state index in [0.29, 0.717) is 17.7 Å². The maximum atomic E-state index is 12.8. The molecule has 1 aromatic carbocycles. The van der Waals surface area contributed by atoms with Crippen LogP contribution in [0.3, 0.4) is 0 Å². The SMILES string of the molecule is CCC1(C)NC(c2ccccc2OC)N(CC(F)F)C1=O. The lowest BCUT2D eigenvalue weighted by Crippen LogP contribution is -2.43. The first-order valence-corrected chi connectivity index (χ1v) is 6.92. The van der Waals surface area contributed by atoms with E-state index in [-0.39, 0.29) is 5.91 Å². The van der Waals surface area contributed by atoms with Gasteiger partial charge < -0.3 is 9.64 Å². The molecule has 2 atom stereocenters. The molecule has 1 aromatic rings. The van der Waals surface area contributed by atoms with Gasteiger partial charge in [-0.2, -0.15) is 0 Å². The van der Waals surface area contributed by atoms with Crippen molar-refractivity contribution in [3.63, 3.8) is 0 Å². The van der Waals surface area contributed by atoms with Gasteiger partial charge in [0.1, 0.15) is 11.9 Å². The minimum atomic E-state index is -2.58. The zero-order valence-corrected chi connectivity index (χ0v) is 12.4. The molecule has 6 heteroatoms. The van der Waals surface area contributed by atoms with E-state index in [2.05, 4.69) is 5.32 Å². The summed E-state index contributed by atoms with van der Waals surface area (Å²) in [6, 6.07) is 7.13. The zero-order chi connectivity index (χ0) is 15.6. The molecule has 1 saturated heterocycles. The van der Waals surface area contributed by atoms with E-state index in [1.807, 2.05) is 6.92 Å². The maximum Gasteiger partial charge on any atom is 0.255 e. The molecule has 1 aliphatic heterocycles. The van der Waals surface area contributed by atoms with Crippen molar-refractivity contribution in [2.24, 2.45) is 0 Å². The zero-order valence-electron chi connectivity index (χ0n) is 12.4. The fourth-order valence-corrected chi connectivity index (χ4v) is 2.60. The molecule has 116 valence electrons. The molecule has 0 bridgehead atoms. The highest BCUT2D eigenvalue weighted by atomic mass is 19.3. The number of nitrogens with zero attached hydrogens (tertiary/aromatic N) is 1. The second-order valence-electron chi connectivity index (χ2n) is 5.32. The molecule has 21 heavy (non-hydrogen) atoms. The highest BCUT2D eigenvalue weighted by Crippen LogP contribution is 2.36. The predicted molar refractivity (Wildman–Crippen MR) is 75.3 cm³/mol. The van der Waals surface area contributed by atoms with Crippen LogP contribution >= 0.6 is 0 Å². The van der Waals surface area contributed by atoms with E-state index in [9.17, 15) is 13.6 Å². The lowest BCUT2D eigenvalue weighted by atomic mass is 9.99. The quantitative estimate of drug-likeness (QED) is 0.908. The number of benzene rings is 1. The predicted octanol–water partition coefficient (Wildman–Crippen LogP) is 2.56. The van der Waals surface area contributed by atoms with Gasteiger partial charge in [-0.25, -0.2) is 8.78 Å². The number of amides is 1. The second kappa shape index (κ2) is 5.97. The summed E-state index contributed by atoms with van der Waals surface area (Å²) in [5, 5.41) is 3.18. The van der Waals surface area contributed by atoms with Crippen LogP contribution in [0.5, 0.6) is 5.75 Å². The van der Waals surface area contributed by atoms with E-state index in [1.165, 1.54) is 12.0 Å². The number of methoxy groups -OCH3 is 1. The van der Waals surface area contributed by atoms with Crippen LogP contribution in [0, 0.1) is 0 Å². The van der Waals surface area contributed by atoms with Gasteiger partial charge in [0, 0.05) is 5.56 Å². The minimum Gasteiger partial charge on any atom is -0.496 e. The Kier molecular flexibility index (Phi) is 4.46. The molecule has 1 aliphatic rings. The van der Waals surface area contributed by atoms with Crippen molar-refractivity contribution >= 4 is 5.91 Å². The van der Waals surface area contributed by atoms with Crippen molar-refractivity contribution in [2.45, 2.75) is 38.4 Å². The van der Waals surface area contributed by atoms with Gasteiger partial charge in [0.05, 0.1) is 19.2 Å². The number of hydrogen-bond donors (Lipinski definition) is 1. The number of alkyl halides is 2. The Morgan fingerprint density at radius 2 is 2.10 bits per heavy atom.